The monoisotopic (exact) mass is 373 g/mol. The van der Waals surface area contributed by atoms with E-state index in [2.05, 4.69) is 27.3 Å². The van der Waals surface area contributed by atoms with Crippen LogP contribution in [0.25, 0.3) is 0 Å². The Morgan fingerprint density at radius 3 is 2.80 bits per heavy atom. The van der Waals surface area contributed by atoms with Crippen molar-refractivity contribution in [3.05, 3.63) is 55.4 Å². The lowest BCUT2D eigenvalue weighted by Gasteiger charge is -2.32. The molecule has 2 unspecified atom stereocenters. The number of rotatable bonds is 2. The molecule has 2 atom stereocenters. The molecular formula is C15H14BrClFNS. The standard InChI is InChI=1S/C15H14BrClFNS/c16-12-7-14(20-15(12)17)10-5-6-19-8-11(10)9-3-1-2-4-13(9)18/h1-4,7,10-11,19H,5-6,8H2. The molecule has 20 heavy (non-hydrogen) atoms. The van der Waals surface area contributed by atoms with Gasteiger partial charge in [-0.05, 0) is 46.6 Å². The van der Waals surface area contributed by atoms with Crippen LogP contribution >= 0.6 is 38.9 Å². The van der Waals surface area contributed by atoms with Crippen molar-refractivity contribution >= 4 is 38.9 Å². The van der Waals surface area contributed by atoms with Crippen molar-refractivity contribution < 1.29 is 4.39 Å². The number of piperidine rings is 1. The van der Waals surface area contributed by atoms with Crippen LogP contribution in [0.15, 0.2) is 34.8 Å². The van der Waals surface area contributed by atoms with Gasteiger partial charge in [0.2, 0.25) is 0 Å². The third kappa shape index (κ3) is 2.80. The summed E-state index contributed by atoms with van der Waals surface area (Å²) in [6.07, 6.45) is 1.00. The first-order valence-corrected chi connectivity index (χ1v) is 8.55. The van der Waals surface area contributed by atoms with E-state index in [-0.39, 0.29) is 11.7 Å². The smallest absolute Gasteiger partial charge is 0.126 e. The van der Waals surface area contributed by atoms with Crippen LogP contribution in [0.4, 0.5) is 4.39 Å². The van der Waals surface area contributed by atoms with Gasteiger partial charge in [0, 0.05) is 27.7 Å². The topological polar surface area (TPSA) is 12.0 Å². The highest BCUT2D eigenvalue weighted by molar-refractivity contribution is 9.10. The fourth-order valence-electron chi connectivity index (χ4n) is 2.85. The molecule has 0 saturated carbocycles. The van der Waals surface area contributed by atoms with E-state index in [0.717, 1.165) is 33.9 Å². The van der Waals surface area contributed by atoms with Crippen molar-refractivity contribution in [3.63, 3.8) is 0 Å². The zero-order chi connectivity index (χ0) is 14.1. The van der Waals surface area contributed by atoms with E-state index in [1.165, 1.54) is 10.9 Å². The summed E-state index contributed by atoms with van der Waals surface area (Å²) in [6.45, 7) is 1.77. The van der Waals surface area contributed by atoms with Gasteiger partial charge in [-0.15, -0.1) is 11.3 Å². The minimum absolute atomic E-state index is 0.118. The van der Waals surface area contributed by atoms with Crippen molar-refractivity contribution in [1.29, 1.82) is 0 Å². The van der Waals surface area contributed by atoms with Crippen molar-refractivity contribution in [2.45, 2.75) is 18.3 Å². The molecule has 0 bridgehead atoms. The Kier molecular flexibility index (Phi) is 4.46. The van der Waals surface area contributed by atoms with E-state index < -0.39 is 0 Å². The summed E-state index contributed by atoms with van der Waals surface area (Å²) in [5.74, 6) is 0.362. The number of hydrogen-bond acceptors (Lipinski definition) is 2. The van der Waals surface area contributed by atoms with Crippen LogP contribution in [-0.2, 0) is 0 Å². The molecule has 1 aliphatic heterocycles. The first-order valence-electron chi connectivity index (χ1n) is 6.56. The Balaban J connectivity index is 1.97. The first-order chi connectivity index (χ1) is 9.66. The second-order valence-corrected chi connectivity index (χ2v) is 7.54. The van der Waals surface area contributed by atoms with E-state index in [1.54, 1.807) is 17.4 Å². The molecule has 0 spiro atoms. The normalized spacial score (nSPS) is 22.9. The second-order valence-electron chi connectivity index (χ2n) is 5.00. The van der Waals surface area contributed by atoms with E-state index in [9.17, 15) is 4.39 Å². The van der Waals surface area contributed by atoms with Gasteiger partial charge in [-0.2, -0.15) is 0 Å². The minimum atomic E-state index is -0.118. The molecule has 3 rings (SSSR count). The number of hydrogen-bond donors (Lipinski definition) is 1. The summed E-state index contributed by atoms with van der Waals surface area (Å²) in [5.41, 5.74) is 0.797. The van der Waals surface area contributed by atoms with Gasteiger partial charge in [-0.25, -0.2) is 4.39 Å². The first kappa shape index (κ1) is 14.5. The Labute approximate surface area is 135 Å². The second kappa shape index (κ2) is 6.14. The molecule has 1 saturated heterocycles. The van der Waals surface area contributed by atoms with Crippen molar-refractivity contribution in [2.75, 3.05) is 13.1 Å². The predicted octanol–water partition coefficient (Wildman–Crippen LogP) is 5.16. The molecule has 2 aromatic rings. The van der Waals surface area contributed by atoms with Crippen LogP contribution < -0.4 is 5.32 Å². The van der Waals surface area contributed by atoms with Crippen LogP contribution in [0.1, 0.15) is 28.7 Å². The Morgan fingerprint density at radius 2 is 2.10 bits per heavy atom. The predicted molar refractivity (Wildman–Crippen MR) is 86.4 cm³/mol. The number of halogens is 3. The summed E-state index contributed by atoms with van der Waals surface area (Å²) in [5, 5.41) is 3.37. The van der Waals surface area contributed by atoms with Crippen molar-refractivity contribution in [3.8, 4) is 0 Å². The maximum Gasteiger partial charge on any atom is 0.126 e. The zero-order valence-corrected chi connectivity index (χ0v) is 13.9. The van der Waals surface area contributed by atoms with E-state index in [0.29, 0.717) is 5.92 Å². The number of nitrogens with one attached hydrogen (secondary N) is 1. The molecule has 2 heterocycles. The number of benzene rings is 1. The van der Waals surface area contributed by atoms with Crippen LogP contribution in [0.2, 0.25) is 4.34 Å². The van der Waals surface area contributed by atoms with Gasteiger partial charge in [0.05, 0.1) is 0 Å². The molecule has 0 amide bonds. The van der Waals surface area contributed by atoms with Gasteiger partial charge in [0.1, 0.15) is 10.2 Å². The Hall–Kier alpha value is -0.420. The maximum absolute atomic E-state index is 14.1. The van der Waals surface area contributed by atoms with Crippen LogP contribution in [0.5, 0.6) is 0 Å². The molecule has 1 aliphatic rings. The van der Waals surface area contributed by atoms with Gasteiger partial charge >= 0.3 is 0 Å². The highest BCUT2D eigenvalue weighted by atomic mass is 79.9. The van der Waals surface area contributed by atoms with Crippen LogP contribution in [0, 0.1) is 5.82 Å². The number of thiophene rings is 1. The molecular weight excluding hydrogens is 361 g/mol. The maximum atomic E-state index is 14.1. The summed E-state index contributed by atoms with van der Waals surface area (Å²) in [7, 11) is 0. The lowest BCUT2D eigenvalue weighted by atomic mass is 9.80. The SMILES string of the molecule is Fc1ccccc1C1CNCCC1c1cc(Br)c(Cl)s1. The molecule has 1 nitrogen and oxygen atoms in total. The molecule has 0 radical (unpaired) electrons. The highest BCUT2D eigenvalue weighted by Crippen LogP contribution is 2.44. The summed E-state index contributed by atoms with van der Waals surface area (Å²) in [6, 6.07) is 9.16. The zero-order valence-electron chi connectivity index (χ0n) is 10.7. The fraction of sp³-hybridized carbons (Fsp3) is 0.333. The van der Waals surface area contributed by atoms with Crippen molar-refractivity contribution in [1.82, 2.24) is 5.32 Å². The summed E-state index contributed by atoms with van der Waals surface area (Å²) < 4.78 is 15.8. The lowest BCUT2D eigenvalue weighted by Crippen LogP contribution is -2.34. The third-order valence-electron chi connectivity index (χ3n) is 3.82. The van der Waals surface area contributed by atoms with Gasteiger partial charge in [-0.3, -0.25) is 0 Å². The average Bonchev–Trinajstić information content (AvgIpc) is 2.79. The van der Waals surface area contributed by atoms with E-state index >= 15 is 0 Å². The third-order valence-corrected chi connectivity index (χ3v) is 6.42. The quantitative estimate of drug-likeness (QED) is 0.765. The minimum Gasteiger partial charge on any atom is -0.316 e. The Bertz CT molecular complexity index is 596. The molecule has 0 aliphatic carbocycles. The molecule has 1 N–H and O–H groups in total. The summed E-state index contributed by atoms with van der Waals surface area (Å²) >= 11 is 11.2. The average molecular weight is 375 g/mol. The van der Waals surface area contributed by atoms with Crippen molar-refractivity contribution in [2.24, 2.45) is 0 Å². The summed E-state index contributed by atoms with van der Waals surface area (Å²) in [4.78, 5) is 1.23. The van der Waals surface area contributed by atoms with Crippen LogP contribution in [0.3, 0.4) is 0 Å². The van der Waals surface area contributed by atoms with Gasteiger partial charge in [0.15, 0.2) is 0 Å². The van der Waals surface area contributed by atoms with E-state index in [1.807, 2.05) is 12.1 Å². The molecule has 106 valence electrons. The van der Waals surface area contributed by atoms with Gasteiger partial charge in [0.25, 0.3) is 0 Å². The largest absolute Gasteiger partial charge is 0.316 e. The fourth-order valence-corrected chi connectivity index (χ4v) is 4.78. The molecule has 5 heteroatoms. The van der Waals surface area contributed by atoms with Gasteiger partial charge < -0.3 is 5.32 Å². The Morgan fingerprint density at radius 1 is 1.30 bits per heavy atom. The van der Waals surface area contributed by atoms with Crippen LogP contribution in [-0.4, -0.2) is 13.1 Å². The molecule has 1 fully saturated rings. The van der Waals surface area contributed by atoms with E-state index in [4.69, 9.17) is 11.6 Å². The van der Waals surface area contributed by atoms with Gasteiger partial charge in [-0.1, -0.05) is 29.8 Å². The molecule has 1 aromatic carbocycles. The molecule has 1 aromatic heterocycles. The lowest BCUT2D eigenvalue weighted by molar-refractivity contribution is 0.397. The highest BCUT2D eigenvalue weighted by Gasteiger charge is 2.30.